The number of benzene rings is 5. The predicted molar refractivity (Wildman–Crippen MR) is 221 cm³/mol. The maximum Gasteiger partial charge on any atom is 0.146 e. The van der Waals surface area contributed by atoms with E-state index in [9.17, 15) is 5.26 Å². The summed E-state index contributed by atoms with van der Waals surface area (Å²) in [6.07, 6.45) is 3.74. The third kappa shape index (κ3) is 6.87. The molecule has 0 aliphatic rings. The molecule has 0 N–H and O–H groups in total. The Hall–Kier alpha value is -5.86. The fourth-order valence-electron chi connectivity index (χ4n) is 7.19. The summed E-state index contributed by atoms with van der Waals surface area (Å²) >= 11 is 0. The standard InChI is InChI=1S/C34H24N3O.C15H16N.Ir/c1-34(2,3)26-18-17-24(27-12-8-9-19-36-27)32-30(26)25-16-15-21(20-35)31(33(25)38-32)37-28-13-6-4-10-22(28)23-11-5-7-14-29(23)37;1-15(2,3)13-9-10-14(16-11-13)12-7-5-4-6-8-12;/h4-16,18-19H,1-3H3;4-7,9-11H,1-3H3;/q2*-1;. The summed E-state index contributed by atoms with van der Waals surface area (Å²) in [7, 11) is 0. The van der Waals surface area contributed by atoms with E-state index in [4.69, 9.17) is 4.42 Å². The van der Waals surface area contributed by atoms with Crippen LogP contribution >= 0.6 is 0 Å². The number of para-hydroxylation sites is 2. The first-order chi connectivity index (χ1) is 26.0. The van der Waals surface area contributed by atoms with E-state index in [2.05, 4.69) is 129 Å². The van der Waals surface area contributed by atoms with Crippen molar-refractivity contribution in [1.82, 2.24) is 14.5 Å². The van der Waals surface area contributed by atoms with Crippen LogP contribution in [0.5, 0.6) is 0 Å². The summed E-state index contributed by atoms with van der Waals surface area (Å²) in [6, 6.07) is 49.7. The average Bonchev–Trinajstić information content (AvgIpc) is 3.74. The zero-order chi connectivity index (χ0) is 37.6. The minimum atomic E-state index is -0.144. The van der Waals surface area contributed by atoms with Crippen molar-refractivity contribution in [1.29, 1.82) is 5.26 Å². The van der Waals surface area contributed by atoms with Crippen LogP contribution in [0.1, 0.15) is 58.2 Å². The molecule has 0 amide bonds. The van der Waals surface area contributed by atoms with Gasteiger partial charge < -0.3 is 19.0 Å². The summed E-state index contributed by atoms with van der Waals surface area (Å²) in [5.41, 5.74) is 10.9. The Labute approximate surface area is 335 Å². The molecule has 6 heteroatoms. The molecule has 0 spiro atoms. The first-order valence-corrected chi connectivity index (χ1v) is 18.2. The van der Waals surface area contributed by atoms with E-state index in [-0.39, 0.29) is 30.9 Å². The van der Waals surface area contributed by atoms with Gasteiger partial charge in [-0.2, -0.15) is 5.26 Å². The van der Waals surface area contributed by atoms with Crippen LogP contribution in [-0.2, 0) is 30.9 Å². The number of hydrogen-bond acceptors (Lipinski definition) is 4. The number of fused-ring (bicyclic) bond motifs is 6. The SMILES string of the molecule is CC(C)(C)c1c[c-]c(-c2ccccn2)c2oc3c(-n4c5ccccc5c5ccccc54)c(C#N)ccc3c12.CC(C)(C)c1ccc(-c2[c-]cccc2)nc1.[Ir]. The molecule has 5 nitrogen and oxygen atoms in total. The van der Waals surface area contributed by atoms with Crippen molar-refractivity contribution >= 4 is 43.7 Å². The molecular weight excluding hydrogens is 853 g/mol. The van der Waals surface area contributed by atoms with Gasteiger partial charge in [0.2, 0.25) is 0 Å². The number of furan rings is 1. The second-order valence-corrected chi connectivity index (χ2v) is 15.6. The van der Waals surface area contributed by atoms with E-state index < -0.39 is 0 Å². The predicted octanol–water partition coefficient (Wildman–Crippen LogP) is 12.6. The Morgan fingerprint density at radius 3 is 1.93 bits per heavy atom. The number of aromatic nitrogens is 3. The van der Waals surface area contributed by atoms with Gasteiger partial charge in [-0.3, -0.25) is 0 Å². The molecule has 5 aromatic carbocycles. The molecule has 1 radical (unpaired) electrons. The van der Waals surface area contributed by atoms with Gasteiger partial charge in [-0.1, -0.05) is 119 Å². The van der Waals surface area contributed by atoms with Gasteiger partial charge in [0.1, 0.15) is 17.3 Å². The third-order valence-corrected chi connectivity index (χ3v) is 9.96. The van der Waals surface area contributed by atoms with Gasteiger partial charge in [0, 0.05) is 48.7 Å². The van der Waals surface area contributed by atoms with E-state index in [0.29, 0.717) is 11.1 Å². The molecule has 0 saturated heterocycles. The molecule has 0 atom stereocenters. The summed E-state index contributed by atoms with van der Waals surface area (Å²) in [5.74, 6) is 0. The second-order valence-electron chi connectivity index (χ2n) is 15.6. The quantitative estimate of drug-likeness (QED) is 0.166. The molecule has 4 heterocycles. The molecule has 0 aliphatic carbocycles. The maximum absolute atomic E-state index is 10.3. The van der Waals surface area contributed by atoms with Gasteiger partial charge in [-0.05, 0) is 52.0 Å². The normalized spacial score (nSPS) is 11.7. The van der Waals surface area contributed by atoms with Crippen LogP contribution in [-0.4, -0.2) is 14.5 Å². The van der Waals surface area contributed by atoms with Crippen molar-refractivity contribution in [3.8, 4) is 34.3 Å². The van der Waals surface area contributed by atoms with Crippen LogP contribution in [0.4, 0.5) is 0 Å². The van der Waals surface area contributed by atoms with E-state index in [1.807, 2.05) is 72.9 Å². The molecule has 0 saturated carbocycles. The smallest absolute Gasteiger partial charge is 0.146 e. The van der Waals surface area contributed by atoms with Crippen LogP contribution in [0.2, 0.25) is 0 Å². The number of rotatable bonds is 3. The zero-order valence-electron chi connectivity index (χ0n) is 31.7. The summed E-state index contributed by atoms with van der Waals surface area (Å²) in [5, 5.41) is 14.6. The first kappa shape index (κ1) is 37.5. The monoisotopic (exact) mass is 893 g/mol. The Morgan fingerprint density at radius 2 is 1.35 bits per heavy atom. The average molecular weight is 893 g/mol. The zero-order valence-corrected chi connectivity index (χ0v) is 34.1. The van der Waals surface area contributed by atoms with Crippen molar-refractivity contribution in [3.63, 3.8) is 0 Å². The van der Waals surface area contributed by atoms with Crippen molar-refractivity contribution in [2.24, 2.45) is 0 Å². The molecular formula is C49H40IrN4O-2. The summed E-state index contributed by atoms with van der Waals surface area (Å²) in [4.78, 5) is 9.08. The van der Waals surface area contributed by atoms with Crippen LogP contribution in [0.25, 0.3) is 71.9 Å². The van der Waals surface area contributed by atoms with Crippen LogP contribution in [0.3, 0.4) is 0 Å². The van der Waals surface area contributed by atoms with Crippen molar-refractivity contribution < 1.29 is 24.5 Å². The van der Waals surface area contributed by atoms with E-state index in [0.717, 1.165) is 71.9 Å². The van der Waals surface area contributed by atoms with Gasteiger partial charge in [-0.25, -0.2) is 0 Å². The van der Waals surface area contributed by atoms with E-state index >= 15 is 0 Å². The Balaban J connectivity index is 0.000000231. The topological polar surface area (TPSA) is 67.6 Å². The van der Waals surface area contributed by atoms with Gasteiger partial charge in [-0.15, -0.1) is 53.6 Å². The van der Waals surface area contributed by atoms with E-state index in [1.165, 1.54) is 5.56 Å². The third-order valence-electron chi connectivity index (χ3n) is 9.96. The van der Waals surface area contributed by atoms with Gasteiger partial charge in [0.15, 0.2) is 0 Å². The van der Waals surface area contributed by atoms with Crippen LogP contribution in [0.15, 0.2) is 138 Å². The fourth-order valence-corrected chi connectivity index (χ4v) is 7.19. The molecule has 0 bridgehead atoms. The molecule has 55 heavy (non-hydrogen) atoms. The molecule has 9 aromatic rings. The summed E-state index contributed by atoms with van der Waals surface area (Å²) < 4.78 is 9.00. The molecule has 273 valence electrons. The number of hydrogen-bond donors (Lipinski definition) is 0. The molecule has 0 aliphatic heterocycles. The maximum atomic E-state index is 10.3. The minimum absolute atomic E-state index is 0. The van der Waals surface area contributed by atoms with Crippen LogP contribution < -0.4 is 0 Å². The Bertz CT molecular complexity index is 2780. The van der Waals surface area contributed by atoms with Crippen molar-refractivity contribution in [2.75, 3.05) is 0 Å². The molecule has 9 rings (SSSR count). The molecule has 4 aromatic heterocycles. The minimum Gasteiger partial charge on any atom is -0.498 e. The Morgan fingerprint density at radius 1 is 0.655 bits per heavy atom. The number of nitriles is 1. The van der Waals surface area contributed by atoms with Gasteiger partial charge in [0.05, 0.1) is 22.2 Å². The Kier molecular flexibility index (Phi) is 10.0. The first-order valence-electron chi connectivity index (χ1n) is 18.2. The summed E-state index contributed by atoms with van der Waals surface area (Å²) in [6.45, 7) is 13.2. The van der Waals surface area contributed by atoms with Crippen LogP contribution in [0, 0.1) is 23.5 Å². The fraction of sp³-hybridized carbons (Fsp3) is 0.163. The number of pyridine rings is 2. The van der Waals surface area contributed by atoms with Crippen molar-refractivity contribution in [3.05, 3.63) is 163 Å². The molecule has 0 unspecified atom stereocenters. The second kappa shape index (κ2) is 14.8. The van der Waals surface area contributed by atoms with Gasteiger partial charge >= 0.3 is 0 Å². The largest absolute Gasteiger partial charge is 0.498 e. The van der Waals surface area contributed by atoms with Crippen molar-refractivity contribution in [2.45, 2.75) is 52.4 Å². The number of nitrogens with zero attached hydrogens (tertiary/aromatic N) is 4. The van der Waals surface area contributed by atoms with E-state index in [1.54, 1.807) is 6.20 Å². The van der Waals surface area contributed by atoms with Gasteiger partial charge in [0.25, 0.3) is 0 Å². The molecule has 0 fully saturated rings.